The maximum atomic E-state index is 12.1. The van der Waals surface area contributed by atoms with Crippen LogP contribution in [-0.4, -0.2) is 27.8 Å². The number of hydrogen-bond acceptors (Lipinski definition) is 6. The molecular formula is C21H22N4O2S2. The van der Waals surface area contributed by atoms with Gasteiger partial charge < -0.3 is 10.6 Å². The first kappa shape index (κ1) is 21.0. The summed E-state index contributed by atoms with van der Waals surface area (Å²) in [7, 11) is 0. The lowest BCUT2D eigenvalue weighted by atomic mass is 10.1. The van der Waals surface area contributed by atoms with Gasteiger partial charge in [-0.1, -0.05) is 72.5 Å². The molecule has 0 saturated carbocycles. The molecule has 0 atom stereocenters. The molecule has 0 aliphatic rings. The van der Waals surface area contributed by atoms with Crippen LogP contribution in [0.25, 0.3) is 0 Å². The first-order chi connectivity index (χ1) is 14.1. The van der Waals surface area contributed by atoms with E-state index in [0.717, 1.165) is 17.7 Å². The second kappa shape index (κ2) is 10.7. The first-order valence-electron chi connectivity index (χ1n) is 9.31. The fraction of sp³-hybridized carbons (Fsp3) is 0.238. The highest BCUT2D eigenvalue weighted by atomic mass is 32.2. The summed E-state index contributed by atoms with van der Waals surface area (Å²) < 4.78 is 0.639. The lowest BCUT2D eigenvalue weighted by molar-refractivity contribution is -0.116. The highest BCUT2D eigenvalue weighted by Crippen LogP contribution is 2.25. The fourth-order valence-electron chi connectivity index (χ4n) is 2.55. The van der Waals surface area contributed by atoms with Gasteiger partial charge >= 0.3 is 0 Å². The Hall–Kier alpha value is -2.71. The molecule has 0 bridgehead atoms. The summed E-state index contributed by atoms with van der Waals surface area (Å²) in [5.41, 5.74) is 3.12. The maximum absolute atomic E-state index is 12.1. The molecule has 0 unspecified atom stereocenters. The Morgan fingerprint density at radius 2 is 1.69 bits per heavy atom. The third kappa shape index (κ3) is 6.99. The molecule has 150 valence electrons. The standard InChI is InChI=1S/C21H22N4O2S2/c1-2-15-8-11-17(12-9-15)22-19(27)14-28-21-25-24-20(29-21)23-18(26)13-10-16-6-4-3-5-7-16/h3-9,11-12H,2,10,13-14H2,1H3,(H,22,27)(H,23,24,26). The van der Waals surface area contributed by atoms with Gasteiger partial charge in [0.25, 0.3) is 0 Å². The van der Waals surface area contributed by atoms with Gasteiger partial charge in [0, 0.05) is 12.1 Å². The van der Waals surface area contributed by atoms with Crippen LogP contribution in [0.5, 0.6) is 0 Å². The second-order valence-electron chi connectivity index (χ2n) is 6.29. The van der Waals surface area contributed by atoms with E-state index in [4.69, 9.17) is 0 Å². The van der Waals surface area contributed by atoms with E-state index < -0.39 is 0 Å². The van der Waals surface area contributed by atoms with Crippen LogP contribution in [0, 0.1) is 0 Å². The summed E-state index contributed by atoms with van der Waals surface area (Å²) in [5, 5.41) is 14.1. The van der Waals surface area contributed by atoms with E-state index >= 15 is 0 Å². The average Bonchev–Trinajstić information content (AvgIpc) is 3.19. The molecule has 29 heavy (non-hydrogen) atoms. The average molecular weight is 427 g/mol. The smallest absolute Gasteiger partial charge is 0.234 e. The second-order valence-corrected chi connectivity index (χ2v) is 8.49. The van der Waals surface area contributed by atoms with E-state index in [2.05, 4.69) is 27.8 Å². The topological polar surface area (TPSA) is 84.0 Å². The number of thioether (sulfide) groups is 1. The van der Waals surface area contributed by atoms with E-state index in [9.17, 15) is 9.59 Å². The fourth-order valence-corrected chi connectivity index (χ4v) is 4.12. The molecule has 0 fully saturated rings. The number of benzene rings is 2. The molecule has 1 heterocycles. The Morgan fingerprint density at radius 3 is 2.41 bits per heavy atom. The quantitative estimate of drug-likeness (QED) is 0.391. The molecular weight excluding hydrogens is 404 g/mol. The van der Waals surface area contributed by atoms with Crippen LogP contribution in [0.2, 0.25) is 0 Å². The predicted molar refractivity (Wildman–Crippen MR) is 118 cm³/mol. The third-order valence-corrected chi connectivity index (χ3v) is 6.08. The van der Waals surface area contributed by atoms with Crippen LogP contribution in [-0.2, 0) is 22.4 Å². The number of nitrogens with zero attached hydrogens (tertiary/aromatic N) is 2. The summed E-state index contributed by atoms with van der Waals surface area (Å²) in [6, 6.07) is 17.7. The number of anilines is 2. The van der Waals surface area contributed by atoms with Gasteiger partial charge in [0.05, 0.1) is 5.75 Å². The Balaban J connectivity index is 1.41. The van der Waals surface area contributed by atoms with Crippen molar-refractivity contribution < 1.29 is 9.59 Å². The number of aromatic nitrogens is 2. The molecule has 6 nitrogen and oxygen atoms in total. The van der Waals surface area contributed by atoms with Crippen LogP contribution in [0.3, 0.4) is 0 Å². The lowest BCUT2D eigenvalue weighted by Gasteiger charge is -2.05. The van der Waals surface area contributed by atoms with E-state index in [1.807, 2.05) is 54.6 Å². The molecule has 1 aromatic heterocycles. The van der Waals surface area contributed by atoms with Gasteiger partial charge in [-0.25, -0.2) is 0 Å². The van der Waals surface area contributed by atoms with Gasteiger partial charge in [-0.2, -0.15) is 0 Å². The largest absolute Gasteiger partial charge is 0.325 e. The van der Waals surface area contributed by atoms with E-state index in [0.29, 0.717) is 22.3 Å². The zero-order chi connectivity index (χ0) is 20.5. The lowest BCUT2D eigenvalue weighted by Crippen LogP contribution is -2.13. The van der Waals surface area contributed by atoms with Crippen molar-refractivity contribution in [2.75, 3.05) is 16.4 Å². The summed E-state index contributed by atoms with van der Waals surface area (Å²) in [5.74, 6) is 0.0178. The molecule has 0 radical (unpaired) electrons. The molecule has 3 rings (SSSR count). The van der Waals surface area contributed by atoms with Crippen LogP contribution in [0.15, 0.2) is 58.9 Å². The van der Waals surface area contributed by atoms with Crippen molar-refractivity contribution in [2.24, 2.45) is 0 Å². The van der Waals surface area contributed by atoms with E-state index in [1.54, 1.807) is 0 Å². The SMILES string of the molecule is CCc1ccc(NC(=O)CSc2nnc(NC(=O)CCc3ccccc3)s2)cc1. The number of rotatable bonds is 9. The summed E-state index contributed by atoms with van der Waals surface area (Å²) in [4.78, 5) is 24.2. The van der Waals surface area contributed by atoms with Gasteiger partial charge in [-0.15, -0.1) is 10.2 Å². The number of hydrogen-bond donors (Lipinski definition) is 2. The number of carbonyl (C=O) groups is 2. The van der Waals surface area contributed by atoms with E-state index in [-0.39, 0.29) is 17.6 Å². The molecule has 0 aliphatic carbocycles. The molecule has 0 spiro atoms. The van der Waals surface area contributed by atoms with Crippen LogP contribution in [0.4, 0.5) is 10.8 Å². The Labute approximate surface area is 178 Å². The van der Waals surface area contributed by atoms with Crippen molar-refractivity contribution in [1.82, 2.24) is 10.2 Å². The number of aryl methyl sites for hydroxylation is 2. The van der Waals surface area contributed by atoms with Crippen molar-refractivity contribution in [2.45, 2.75) is 30.5 Å². The van der Waals surface area contributed by atoms with Crippen molar-refractivity contribution in [3.8, 4) is 0 Å². The normalized spacial score (nSPS) is 10.5. The van der Waals surface area contributed by atoms with Gasteiger partial charge in [0.15, 0.2) is 4.34 Å². The Kier molecular flexibility index (Phi) is 7.77. The first-order valence-corrected chi connectivity index (χ1v) is 11.1. The van der Waals surface area contributed by atoms with Crippen molar-refractivity contribution in [1.29, 1.82) is 0 Å². The monoisotopic (exact) mass is 426 g/mol. The summed E-state index contributed by atoms with van der Waals surface area (Å²) >= 11 is 2.56. The van der Waals surface area contributed by atoms with Crippen molar-refractivity contribution in [3.63, 3.8) is 0 Å². The molecule has 3 aromatic rings. The third-order valence-electron chi connectivity index (χ3n) is 4.11. The molecule has 2 N–H and O–H groups in total. The van der Waals surface area contributed by atoms with Crippen LogP contribution >= 0.6 is 23.1 Å². The Bertz CT molecular complexity index is 943. The molecule has 2 amide bonds. The minimum atomic E-state index is -0.108. The zero-order valence-corrected chi connectivity index (χ0v) is 17.7. The highest BCUT2D eigenvalue weighted by molar-refractivity contribution is 8.01. The molecule has 0 saturated heterocycles. The van der Waals surface area contributed by atoms with Gasteiger partial charge in [-0.05, 0) is 36.1 Å². The van der Waals surface area contributed by atoms with Crippen molar-refractivity contribution in [3.05, 3.63) is 65.7 Å². The van der Waals surface area contributed by atoms with Crippen molar-refractivity contribution >= 4 is 45.7 Å². The van der Waals surface area contributed by atoms with E-state index in [1.165, 1.54) is 28.7 Å². The number of nitrogens with one attached hydrogen (secondary N) is 2. The molecule has 2 aromatic carbocycles. The Morgan fingerprint density at radius 1 is 0.931 bits per heavy atom. The van der Waals surface area contributed by atoms with Gasteiger partial charge in [0.2, 0.25) is 16.9 Å². The number of amides is 2. The van der Waals surface area contributed by atoms with Gasteiger partial charge in [0.1, 0.15) is 0 Å². The van der Waals surface area contributed by atoms with Gasteiger partial charge in [-0.3, -0.25) is 9.59 Å². The molecule has 8 heteroatoms. The minimum Gasteiger partial charge on any atom is -0.325 e. The summed E-state index contributed by atoms with van der Waals surface area (Å²) in [6.07, 6.45) is 2.02. The minimum absolute atomic E-state index is 0.102. The van der Waals surface area contributed by atoms with Crippen LogP contribution < -0.4 is 10.6 Å². The maximum Gasteiger partial charge on any atom is 0.234 e. The number of carbonyl (C=O) groups excluding carboxylic acids is 2. The van der Waals surface area contributed by atoms with Crippen LogP contribution in [0.1, 0.15) is 24.5 Å². The zero-order valence-electron chi connectivity index (χ0n) is 16.1. The predicted octanol–water partition coefficient (Wildman–Crippen LogP) is 4.40. The highest BCUT2D eigenvalue weighted by Gasteiger charge is 2.11. The summed E-state index contributed by atoms with van der Waals surface area (Å²) in [6.45, 7) is 2.09. The molecule has 0 aliphatic heterocycles.